The molecule has 0 saturated heterocycles. The average Bonchev–Trinajstić information content (AvgIpc) is 0.887. The van der Waals surface area contributed by atoms with Crippen LogP contribution in [0.4, 0.5) is 22.7 Å². The van der Waals surface area contributed by atoms with Gasteiger partial charge in [0.1, 0.15) is 0 Å². The molecule has 0 unspecified atom stereocenters. The molecule has 30 N–H and O–H groups in total. The number of hydrogen-bond acceptors (Lipinski definition) is 30. The summed E-state index contributed by atoms with van der Waals surface area (Å²) < 4.78 is 0. The van der Waals surface area contributed by atoms with Crippen molar-refractivity contribution in [3.05, 3.63) is 264 Å². The van der Waals surface area contributed by atoms with E-state index in [2.05, 4.69) is 53.2 Å². The van der Waals surface area contributed by atoms with Crippen molar-refractivity contribution < 1.29 is 150 Å². The molecule has 670 valence electrons. The van der Waals surface area contributed by atoms with Gasteiger partial charge in [0.05, 0.1) is 0 Å². The largest absolute Gasteiger partial charge is 0.504 e. The molecule has 10 rings (SSSR count). The van der Waals surface area contributed by atoms with Gasteiger partial charge in [-0.25, -0.2) is 0 Å². The molecule has 0 fully saturated rings. The van der Waals surface area contributed by atoms with Crippen LogP contribution in [0.25, 0.3) is 0 Å². The van der Waals surface area contributed by atoms with Gasteiger partial charge in [0.2, 0.25) is 59.1 Å². The van der Waals surface area contributed by atoms with Crippen LogP contribution in [0, 0.1) is 0 Å². The number of benzene rings is 10. The zero-order valence-electron chi connectivity index (χ0n) is 67.0. The van der Waals surface area contributed by atoms with Gasteiger partial charge in [-0.2, -0.15) is 0 Å². The Bertz CT molecular complexity index is 5160. The number of aromatic hydroxyl groups is 20. The summed E-state index contributed by atoms with van der Waals surface area (Å²) in [7, 11) is 0. The Morgan fingerprint density at radius 2 is 0.352 bits per heavy atom. The van der Waals surface area contributed by atoms with Crippen LogP contribution in [0.2, 0.25) is 0 Å². The molecule has 0 heterocycles. The van der Waals surface area contributed by atoms with Crippen molar-refractivity contribution in [3.8, 4) is 115 Å². The molecular formula is C88H88N10O30. The van der Waals surface area contributed by atoms with Crippen molar-refractivity contribution in [3.63, 3.8) is 0 Å². The molecule has 0 aliphatic rings. The number of nitrogens with one attached hydrogen (secondary N) is 10. The van der Waals surface area contributed by atoms with Crippen LogP contribution in [-0.4, -0.2) is 174 Å². The van der Waals surface area contributed by atoms with E-state index < -0.39 is 47.3 Å². The molecule has 0 aliphatic carbocycles. The zero-order chi connectivity index (χ0) is 94.1. The maximum Gasteiger partial charge on any atom is 0.248 e. The van der Waals surface area contributed by atoms with Crippen LogP contribution in [0.1, 0.15) is 46.2 Å². The van der Waals surface area contributed by atoms with Gasteiger partial charge in [0, 0.05) is 148 Å². The highest BCUT2D eigenvalue weighted by atomic mass is 16.3. The van der Waals surface area contributed by atoms with Crippen LogP contribution in [0.3, 0.4) is 0 Å². The minimum absolute atomic E-state index is 0.0622. The van der Waals surface area contributed by atoms with E-state index in [9.17, 15) is 130 Å². The van der Waals surface area contributed by atoms with Crippen molar-refractivity contribution in [1.29, 1.82) is 0 Å². The third-order valence-electron chi connectivity index (χ3n) is 16.7. The molecular weight excluding hydrogens is 1680 g/mol. The van der Waals surface area contributed by atoms with E-state index in [4.69, 9.17) is 20.4 Å². The Morgan fingerprint density at radius 3 is 0.539 bits per heavy atom. The van der Waals surface area contributed by atoms with E-state index in [0.29, 0.717) is 48.2 Å². The fourth-order valence-corrected chi connectivity index (χ4v) is 10.00. The van der Waals surface area contributed by atoms with Crippen LogP contribution in [-0.2, 0) is 87.0 Å². The molecule has 10 amide bonds. The molecule has 0 aromatic heterocycles. The Labute approximate surface area is 725 Å². The summed E-state index contributed by atoms with van der Waals surface area (Å²) >= 11 is 0. The summed E-state index contributed by atoms with van der Waals surface area (Å²) in [5, 5.41) is 211. The monoisotopic (exact) mass is 1760 g/mol. The number of hydrogen-bond donors (Lipinski definition) is 30. The first-order chi connectivity index (χ1) is 60.7. The summed E-state index contributed by atoms with van der Waals surface area (Å²) in [6.07, 6.45) is 9.23. The van der Waals surface area contributed by atoms with Crippen molar-refractivity contribution in [2.75, 3.05) is 34.4 Å². The van der Waals surface area contributed by atoms with Gasteiger partial charge in [0.15, 0.2) is 115 Å². The first-order valence-corrected chi connectivity index (χ1v) is 37.5. The Kier molecular flexibility index (Phi) is 38.2. The SMILES string of the molecule is O=C(/C=C/C(=O)NCc1ccc(O)c(O)c1)NCc1ccc(O)c(O)c1.O=C(/C=C/C(=O)Nc1ccc(O)c(O)c1)Nc1ccc(O)c(O)c1.O=C(/C=C\C(=O)NCc1ccc(O)c(O)c1)NCc1ccc(O)c(O)c1.O=C(/C=C\C(=O)Nc1ccc(O)c(O)c1)Nc1ccc(O)c(O)c1.O=C(CCC(=O)NCCc1ccc(O)c(O)c1)NCCc1ccc(O)c(O)c1. The fourth-order valence-electron chi connectivity index (χ4n) is 10.00. The third-order valence-corrected chi connectivity index (χ3v) is 16.7. The minimum atomic E-state index is -0.621. The van der Waals surface area contributed by atoms with Gasteiger partial charge in [0.25, 0.3) is 0 Å². The number of rotatable bonds is 29. The standard InChI is InChI=1S/C20H24N2O6.2C18H18N2O6.2C16H14N2O6/c23-15-3-1-13(11-17(15)25)7-9-21-19(27)5-6-20(28)22-10-8-14-2-4-16(24)18(26)12-14;2*21-13-3-1-11(7-15(13)23)9-19-17(25)5-6-18(26)20-10-12-2-4-14(22)16(24)8-12;2*19-11-3-1-9(7-13(11)21)17-15(23)5-6-16(24)18-10-2-4-12(20)14(22)8-10/h1-4,11-12,23-26H,5-10H2,(H,21,27)(H,22,28);2*1-8,21-24H,9-10H2,(H,19,25)(H,20,26);2*1-8,19-22H,(H,17,23)(H,18,24)/b;6-5+;6-5-;6-5+;6-5-. The predicted octanol–water partition coefficient (Wildman–Crippen LogP) is 6.59. The molecule has 128 heavy (non-hydrogen) atoms. The number of carbonyl (C=O) groups is 10. The van der Waals surface area contributed by atoms with Gasteiger partial charge in [-0.1, -0.05) is 36.4 Å². The van der Waals surface area contributed by atoms with Gasteiger partial charge < -0.3 is 155 Å². The quantitative estimate of drug-likeness (QED) is 0.0133. The highest BCUT2D eigenvalue weighted by molar-refractivity contribution is 6.08. The third kappa shape index (κ3) is 36.0. The maximum atomic E-state index is 11.8. The smallest absolute Gasteiger partial charge is 0.248 e. The molecule has 40 heteroatoms. The van der Waals surface area contributed by atoms with E-state index in [1.807, 2.05) is 0 Å². The van der Waals surface area contributed by atoms with Crippen molar-refractivity contribution in [1.82, 2.24) is 31.9 Å². The number of phenols is 20. The van der Waals surface area contributed by atoms with E-state index in [0.717, 1.165) is 84.0 Å². The van der Waals surface area contributed by atoms with Gasteiger partial charge in [-0.3, -0.25) is 47.9 Å². The topological polar surface area (TPSA) is 696 Å². The second-order valence-corrected chi connectivity index (χ2v) is 26.6. The lowest BCUT2D eigenvalue weighted by molar-refractivity contribution is -0.126. The summed E-state index contributed by atoms with van der Waals surface area (Å²) in [5.74, 6) is -10.8. The summed E-state index contributed by atoms with van der Waals surface area (Å²) in [4.78, 5) is 117. The normalized spacial score (nSPS) is 10.5. The Balaban J connectivity index is 0.000000247. The van der Waals surface area contributed by atoms with Crippen molar-refractivity contribution >= 4 is 81.8 Å². The molecule has 10 aromatic carbocycles. The molecule has 0 bridgehead atoms. The lowest BCUT2D eigenvalue weighted by Crippen LogP contribution is -2.29. The second-order valence-electron chi connectivity index (χ2n) is 26.6. The molecule has 40 nitrogen and oxygen atoms in total. The average molecular weight is 1770 g/mol. The zero-order valence-corrected chi connectivity index (χ0v) is 67.0. The number of anilines is 4. The summed E-state index contributed by atoms with van der Waals surface area (Å²) in [6.45, 7) is 1.18. The van der Waals surface area contributed by atoms with E-state index in [-0.39, 0.29) is 189 Å². The van der Waals surface area contributed by atoms with Crippen LogP contribution >= 0.6 is 0 Å². The fraction of sp³-hybridized carbons (Fsp3) is 0.114. The number of carbonyl (C=O) groups excluding carboxylic acids is 10. The molecule has 0 radical (unpaired) electrons. The van der Waals surface area contributed by atoms with Crippen LogP contribution < -0.4 is 53.2 Å². The molecule has 0 spiro atoms. The van der Waals surface area contributed by atoms with Crippen molar-refractivity contribution in [2.45, 2.75) is 51.9 Å². The van der Waals surface area contributed by atoms with Crippen LogP contribution in [0.5, 0.6) is 115 Å². The lowest BCUT2D eigenvalue weighted by atomic mass is 10.1. The van der Waals surface area contributed by atoms with E-state index >= 15 is 0 Å². The maximum absolute atomic E-state index is 11.8. The highest BCUT2D eigenvalue weighted by Gasteiger charge is 2.14. The molecule has 0 saturated carbocycles. The van der Waals surface area contributed by atoms with Gasteiger partial charge in [-0.05, 0) is 168 Å². The van der Waals surface area contributed by atoms with Gasteiger partial charge >= 0.3 is 0 Å². The Morgan fingerprint density at radius 1 is 0.188 bits per heavy atom. The molecule has 10 aromatic rings. The first-order valence-electron chi connectivity index (χ1n) is 37.5. The Hall–Kier alpha value is -18.1. The highest BCUT2D eigenvalue weighted by Crippen LogP contribution is 2.34. The molecule has 0 aliphatic heterocycles. The number of amides is 10. The number of phenolic OH excluding ortho intramolecular Hbond substituents is 20. The first kappa shape index (κ1) is 98.7. The van der Waals surface area contributed by atoms with Crippen molar-refractivity contribution in [2.24, 2.45) is 0 Å². The second kappa shape index (κ2) is 49.6. The molecule has 0 atom stereocenters. The minimum Gasteiger partial charge on any atom is -0.504 e. The van der Waals surface area contributed by atoms with E-state index in [1.165, 1.54) is 121 Å². The summed E-state index contributed by atoms with van der Waals surface area (Å²) in [6, 6.07) is 40.6. The summed E-state index contributed by atoms with van der Waals surface area (Å²) in [5.41, 5.74) is 4.83. The lowest BCUT2D eigenvalue weighted by Gasteiger charge is -2.08. The van der Waals surface area contributed by atoms with Gasteiger partial charge in [-0.15, -0.1) is 0 Å². The predicted molar refractivity (Wildman–Crippen MR) is 459 cm³/mol. The van der Waals surface area contributed by atoms with E-state index in [1.54, 1.807) is 36.4 Å². The van der Waals surface area contributed by atoms with Crippen LogP contribution in [0.15, 0.2) is 231 Å².